The second kappa shape index (κ2) is 6.91. The summed E-state index contributed by atoms with van der Waals surface area (Å²) in [4.78, 5) is 0.215. The fourth-order valence-corrected chi connectivity index (χ4v) is 4.83. The van der Waals surface area contributed by atoms with Crippen molar-refractivity contribution in [2.45, 2.75) is 18.4 Å². The molecule has 0 amide bonds. The standard InChI is InChI=1S/C14H12Br3NO2S/c1-9-6-13(17)14(7-12(9)16)21(19,20)18-8-10-4-2-3-5-11(10)15/h2-7,18H,8H2,1H3. The van der Waals surface area contributed by atoms with E-state index in [1.807, 2.05) is 31.2 Å². The minimum Gasteiger partial charge on any atom is -0.207 e. The lowest BCUT2D eigenvalue weighted by Crippen LogP contribution is -2.23. The van der Waals surface area contributed by atoms with Gasteiger partial charge in [-0.05, 0) is 52.2 Å². The number of hydrogen-bond acceptors (Lipinski definition) is 2. The average Bonchev–Trinajstić information content (AvgIpc) is 2.42. The molecule has 0 atom stereocenters. The van der Waals surface area contributed by atoms with Gasteiger partial charge in [0.15, 0.2) is 0 Å². The molecule has 0 saturated heterocycles. The Morgan fingerprint density at radius 2 is 1.67 bits per heavy atom. The third-order valence-corrected chi connectivity index (χ3v) is 6.90. The Balaban J connectivity index is 2.27. The molecule has 0 heterocycles. The Labute approximate surface area is 149 Å². The molecule has 0 aliphatic heterocycles. The summed E-state index contributed by atoms with van der Waals surface area (Å²) in [7, 11) is -3.59. The molecule has 112 valence electrons. The molecule has 3 nitrogen and oxygen atoms in total. The molecule has 7 heteroatoms. The van der Waals surface area contributed by atoms with Crippen molar-refractivity contribution in [2.24, 2.45) is 0 Å². The van der Waals surface area contributed by atoms with E-state index in [0.29, 0.717) is 4.47 Å². The van der Waals surface area contributed by atoms with E-state index in [-0.39, 0.29) is 11.4 Å². The minimum absolute atomic E-state index is 0.215. The van der Waals surface area contributed by atoms with E-state index < -0.39 is 10.0 Å². The van der Waals surface area contributed by atoms with Gasteiger partial charge in [0.1, 0.15) is 0 Å². The van der Waals surface area contributed by atoms with E-state index in [4.69, 9.17) is 0 Å². The summed E-state index contributed by atoms with van der Waals surface area (Å²) in [6.45, 7) is 2.13. The smallest absolute Gasteiger partial charge is 0.207 e. The molecular formula is C14H12Br3NO2S. The van der Waals surface area contributed by atoms with Crippen molar-refractivity contribution in [3.05, 3.63) is 60.9 Å². The van der Waals surface area contributed by atoms with Crippen LogP contribution in [0, 0.1) is 6.92 Å². The largest absolute Gasteiger partial charge is 0.242 e. The van der Waals surface area contributed by atoms with E-state index in [0.717, 1.165) is 20.1 Å². The number of hydrogen-bond donors (Lipinski definition) is 1. The SMILES string of the molecule is Cc1cc(Br)c(S(=O)(=O)NCc2ccccc2Br)cc1Br. The van der Waals surface area contributed by atoms with Gasteiger partial charge in [-0.1, -0.05) is 50.1 Å². The molecule has 1 N–H and O–H groups in total. The second-order valence-electron chi connectivity index (χ2n) is 4.45. The Hall–Kier alpha value is -0.210. The van der Waals surface area contributed by atoms with Crippen molar-refractivity contribution in [1.82, 2.24) is 4.72 Å². The monoisotopic (exact) mass is 495 g/mol. The highest BCUT2D eigenvalue weighted by atomic mass is 79.9. The van der Waals surface area contributed by atoms with Crippen molar-refractivity contribution in [2.75, 3.05) is 0 Å². The molecule has 0 spiro atoms. The lowest BCUT2D eigenvalue weighted by atomic mass is 10.2. The molecule has 0 saturated carbocycles. The number of nitrogens with one attached hydrogen (secondary N) is 1. The van der Waals surface area contributed by atoms with Crippen molar-refractivity contribution in [3.63, 3.8) is 0 Å². The molecule has 0 radical (unpaired) electrons. The number of rotatable bonds is 4. The molecule has 0 unspecified atom stereocenters. The summed E-state index contributed by atoms with van der Waals surface area (Å²) in [5.74, 6) is 0. The topological polar surface area (TPSA) is 46.2 Å². The first kappa shape index (κ1) is 17.1. The van der Waals surface area contributed by atoms with E-state index in [2.05, 4.69) is 52.5 Å². The van der Waals surface area contributed by atoms with E-state index in [1.165, 1.54) is 0 Å². The van der Waals surface area contributed by atoms with Gasteiger partial charge in [-0.3, -0.25) is 0 Å². The Morgan fingerprint density at radius 3 is 2.33 bits per heavy atom. The summed E-state index contributed by atoms with van der Waals surface area (Å²) in [6, 6.07) is 10.9. The second-order valence-corrected chi connectivity index (χ2v) is 8.75. The highest BCUT2D eigenvalue weighted by molar-refractivity contribution is 9.11. The van der Waals surface area contributed by atoms with Gasteiger partial charge in [0.2, 0.25) is 10.0 Å². The third-order valence-electron chi connectivity index (χ3n) is 2.91. The first-order chi connectivity index (χ1) is 9.81. The maximum absolute atomic E-state index is 12.4. The van der Waals surface area contributed by atoms with E-state index in [9.17, 15) is 8.42 Å². The first-order valence-corrected chi connectivity index (χ1v) is 9.86. The molecule has 0 aromatic heterocycles. The normalized spacial score (nSPS) is 11.6. The van der Waals surface area contributed by atoms with Crippen LogP contribution in [-0.2, 0) is 16.6 Å². The maximum atomic E-state index is 12.4. The van der Waals surface area contributed by atoms with Crippen LogP contribution in [0.5, 0.6) is 0 Å². The summed E-state index contributed by atoms with van der Waals surface area (Å²) < 4.78 is 29.6. The van der Waals surface area contributed by atoms with Gasteiger partial charge >= 0.3 is 0 Å². The lowest BCUT2D eigenvalue weighted by molar-refractivity contribution is 0.580. The Morgan fingerprint density at radius 1 is 1.00 bits per heavy atom. The molecule has 0 aliphatic rings. The highest BCUT2D eigenvalue weighted by Gasteiger charge is 2.19. The summed E-state index contributed by atoms with van der Waals surface area (Å²) >= 11 is 10.1. The van der Waals surface area contributed by atoms with Crippen LogP contribution in [0.3, 0.4) is 0 Å². The molecule has 2 rings (SSSR count). The number of benzene rings is 2. The average molecular weight is 498 g/mol. The number of aryl methyl sites for hydroxylation is 1. The first-order valence-electron chi connectivity index (χ1n) is 6.00. The molecule has 0 aliphatic carbocycles. The zero-order valence-electron chi connectivity index (χ0n) is 11.0. The zero-order valence-corrected chi connectivity index (χ0v) is 16.6. The van der Waals surface area contributed by atoms with Crippen LogP contribution in [0.15, 0.2) is 54.7 Å². The predicted octanol–water partition coefficient (Wildman–Crippen LogP) is 4.76. The van der Waals surface area contributed by atoms with Gasteiger partial charge in [0.05, 0.1) is 4.90 Å². The maximum Gasteiger partial charge on any atom is 0.242 e. The molecule has 2 aromatic rings. The zero-order chi connectivity index (χ0) is 15.6. The Bertz CT molecular complexity index is 776. The summed E-state index contributed by atoms with van der Waals surface area (Å²) in [5.41, 5.74) is 1.84. The van der Waals surface area contributed by atoms with Crippen LogP contribution < -0.4 is 4.72 Å². The lowest BCUT2D eigenvalue weighted by Gasteiger charge is -2.11. The fourth-order valence-electron chi connectivity index (χ4n) is 1.73. The molecule has 21 heavy (non-hydrogen) atoms. The van der Waals surface area contributed by atoms with Crippen molar-refractivity contribution in [3.8, 4) is 0 Å². The number of halogens is 3. The molecule has 0 bridgehead atoms. The fraction of sp³-hybridized carbons (Fsp3) is 0.143. The van der Waals surface area contributed by atoms with Crippen molar-refractivity contribution >= 4 is 57.8 Å². The van der Waals surface area contributed by atoms with Crippen molar-refractivity contribution in [1.29, 1.82) is 0 Å². The van der Waals surface area contributed by atoms with Crippen LogP contribution in [-0.4, -0.2) is 8.42 Å². The summed E-state index contributed by atoms with van der Waals surface area (Å²) in [5, 5.41) is 0. The van der Waals surface area contributed by atoms with Gasteiger partial charge in [-0.25, -0.2) is 13.1 Å². The van der Waals surface area contributed by atoms with Crippen LogP contribution in [0.2, 0.25) is 0 Å². The number of sulfonamides is 1. The van der Waals surface area contributed by atoms with Gasteiger partial charge in [0, 0.05) is 20.0 Å². The molecular weight excluding hydrogens is 486 g/mol. The quantitative estimate of drug-likeness (QED) is 0.662. The van der Waals surface area contributed by atoms with E-state index in [1.54, 1.807) is 12.1 Å². The molecule has 2 aromatic carbocycles. The summed E-state index contributed by atoms with van der Waals surface area (Å²) in [6.07, 6.45) is 0. The third kappa shape index (κ3) is 4.16. The molecule has 0 fully saturated rings. The van der Waals surface area contributed by atoms with Crippen LogP contribution >= 0.6 is 47.8 Å². The predicted molar refractivity (Wildman–Crippen MR) is 94.7 cm³/mol. The van der Waals surface area contributed by atoms with Crippen LogP contribution in [0.1, 0.15) is 11.1 Å². The van der Waals surface area contributed by atoms with Gasteiger partial charge < -0.3 is 0 Å². The van der Waals surface area contributed by atoms with E-state index >= 15 is 0 Å². The highest BCUT2D eigenvalue weighted by Crippen LogP contribution is 2.29. The van der Waals surface area contributed by atoms with Crippen LogP contribution in [0.4, 0.5) is 0 Å². The van der Waals surface area contributed by atoms with Crippen molar-refractivity contribution < 1.29 is 8.42 Å². The van der Waals surface area contributed by atoms with Gasteiger partial charge in [-0.15, -0.1) is 0 Å². The minimum atomic E-state index is -3.59. The van der Waals surface area contributed by atoms with Crippen LogP contribution in [0.25, 0.3) is 0 Å². The van der Waals surface area contributed by atoms with Gasteiger partial charge in [0.25, 0.3) is 0 Å². The van der Waals surface area contributed by atoms with Gasteiger partial charge in [-0.2, -0.15) is 0 Å². The Kier molecular flexibility index (Phi) is 5.65.